The Morgan fingerprint density at radius 3 is 2.48 bits per heavy atom. The Hall–Kier alpha value is -2.88. The van der Waals surface area contributed by atoms with E-state index in [9.17, 15) is 9.59 Å². The number of ketones is 1. The summed E-state index contributed by atoms with van der Waals surface area (Å²) in [6, 6.07) is 14.4. The van der Waals surface area contributed by atoms with Crippen LogP contribution < -0.4 is 5.32 Å². The van der Waals surface area contributed by atoms with E-state index in [0.717, 1.165) is 10.9 Å². The van der Waals surface area contributed by atoms with Crippen LogP contribution in [0.25, 0.3) is 10.9 Å². The summed E-state index contributed by atoms with van der Waals surface area (Å²) in [6.45, 7) is 1.51. The molecule has 1 amide bonds. The number of carbonyl (C=O) groups is 2. The monoisotopic (exact) mass is 278 g/mol. The molecule has 3 aromatic rings. The molecule has 2 N–H and O–H groups in total. The van der Waals surface area contributed by atoms with E-state index in [1.165, 1.54) is 6.92 Å². The second-order valence-electron chi connectivity index (χ2n) is 4.84. The largest absolute Gasteiger partial charge is 0.361 e. The molecular weight excluding hydrogens is 264 g/mol. The third-order valence-corrected chi connectivity index (χ3v) is 3.38. The number of Topliss-reactive ketones (excluding diaryl/α,β-unsaturated/α-hetero) is 1. The smallest absolute Gasteiger partial charge is 0.257 e. The van der Waals surface area contributed by atoms with Crippen LogP contribution in [0.4, 0.5) is 5.69 Å². The fourth-order valence-corrected chi connectivity index (χ4v) is 2.26. The average molecular weight is 278 g/mol. The van der Waals surface area contributed by atoms with Gasteiger partial charge in [-0.1, -0.05) is 12.1 Å². The topological polar surface area (TPSA) is 62.0 Å². The first-order valence-electron chi connectivity index (χ1n) is 6.63. The van der Waals surface area contributed by atoms with Gasteiger partial charge in [0.1, 0.15) is 0 Å². The summed E-state index contributed by atoms with van der Waals surface area (Å²) in [5, 5.41) is 3.83. The molecule has 0 spiro atoms. The Kier molecular flexibility index (Phi) is 3.28. The van der Waals surface area contributed by atoms with Crippen molar-refractivity contribution in [2.45, 2.75) is 6.92 Å². The molecule has 0 atom stereocenters. The van der Waals surface area contributed by atoms with E-state index in [1.807, 2.05) is 24.4 Å². The Morgan fingerprint density at radius 2 is 1.76 bits per heavy atom. The van der Waals surface area contributed by atoms with Crippen molar-refractivity contribution in [2.24, 2.45) is 0 Å². The number of anilines is 1. The highest BCUT2D eigenvalue weighted by Gasteiger charge is 2.11. The molecule has 0 unspecified atom stereocenters. The number of H-pyrrole nitrogens is 1. The van der Waals surface area contributed by atoms with Gasteiger partial charge >= 0.3 is 0 Å². The fraction of sp³-hybridized carbons (Fsp3) is 0.0588. The number of para-hydroxylation sites is 1. The maximum atomic E-state index is 12.3. The van der Waals surface area contributed by atoms with Gasteiger partial charge in [-0.3, -0.25) is 9.59 Å². The number of nitrogens with one attached hydrogen (secondary N) is 2. The van der Waals surface area contributed by atoms with E-state index in [-0.39, 0.29) is 11.7 Å². The zero-order valence-corrected chi connectivity index (χ0v) is 11.5. The second-order valence-corrected chi connectivity index (χ2v) is 4.84. The van der Waals surface area contributed by atoms with E-state index >= 15 is 0 Å². The number of amides is 1. The number of aromatic nitrogens is 1. The van der Waals surface area contributed by atoms with E-state index < -0.39 is 0 Å². The third kappa shape index (κ3) is 2.56. The summed E-state index contributed by atoms with van der Waals surface area (Å²) in [7, 11) is 0. The van der Waals surface area contributed by atoms with Crippen molar-refractivity contribution in [1.82, 2.24) is 4.98 Å². The first-order valence-corrected chi connectivity index (χ1v) is 6.63. The molecule has 0 aliphatic heterocycles. The fourth-order valence-electron chi connectivity index (χ4n) is 2.26. The first kappa shape index (κ1) is 13.1. The molecule has 0 radical (unpaired) electrons. The van der Waals surface area contributed by atoms with Crippen LogP contribution in [0.5, 0.6) is 0 Å². The highest BCUT2D eigenvalue weighted by atomic mass is 16.1. The average Bonchev–Trinajstić information content (AvgIpc) is 2.96. The van der Waals surface area contributed by atoms with Crippen LogP contribution in [-0.2, 0) is 0 Å². The zero-order chi connectivity index (χ0) is 14.8. The van der Waals surface area contributed by atoms with Crippen LogP contribution in [0, 0.1) is 0 Å². The molecule has 104 valence electrons. The normalized spacial score (nSPS) is 10.5. The summed E-state index contributed by atoms with van der Waals surface area (Å²) in [5.74, 6) is -0.178. The molecule has 3 rings (SSSR count). The SMILES string of the molecule is CC(=O)c1ccc(NC(=O)c2cccc3cc[nH]c23)cc1. The van der Waals surface area contributed by atoms with Gasteiger partial charge in [0.2, 0.25) is 0 Å². The maximum Gasteiger partial charge on any atom is 0.257 e. The summed E-state index contributed by atoms with van der Waals surface area (Å²) < 4.78 is 0. The summed E-state index contributed by atoms with van der Waals surface area (Å²) in [5.41, 5.74) is 2.69. The van der Waals surface area contributed by atoms with Crippen LogP contribution in [0.2, 0.25) is 0 Å². The highest BCUT2D eigenvalue weighted by molar-refractivity contribution is 6.12. The second kappa shape index (κ2) is 5.25. The predicted octanol–water partition coefficient (Wildman–Crippen LogP) is 3.62. The predicted molar refractivity (Wildman–Crippen MR) is 82.7 cm³/mol. The number of benzene rings is 2. The van der Waals surface area contributed by atoms with Crippen molar-refractivity contribution in [3.05, 3.63) is 65.9 Å². The van der Waals surface area contributed by atoms with Crippen molar-refractivity contribution in [1.29, 1.82) is 0 Å². The number of fused-ring (bicyclic) bond motifs is 1. The minimum Gasteiger partial charge on any atom is -0.361 e. The van der Waals surface area contributed by atoms with Gasteiger partial charge in [0.05, 0.1) is 11.1 Å². The number of aromatic amines is 1. The molecule has 0 aliphatic carbocycles. The van der Waals surface area contributed by atoms with E-state index in [0.29, 0.717) is 16.8 Å². The Bertz CT molecular complexity index is 816. The zero-order valence-electron chi connectivity index (χ0n) is 11.5. The molecule has 4 heteroatoms. The lowest BCUT2D eigenvalue weighted by Crippen LogP contribution is -2.12. The lowest BCUT2D eigenvalue weighted by molar-refractivity contribution is 0.101. The molecule has 0 saturated heterocycles. The highest BCUT2D eigenvalue weighted by Crippen LogP contribution is 2.19. The molecule has 0 fully saturated rings. The van der Waals surface area contributed by atoms with Crippen molar-refractivity contribution in [3.63, 3.8) is 0 Å². The van der Waals surface area contributed by atoms with Crippen LogP contribution >= 0.6 is 0 Å². The Morgan fingerprint density at radius 1 is 1.00 bits per heavy atom. The van der Waals surface area contributed by atoms with Gasteiger partial charge in [-0.15, -0.1) is 0 Å². The minimum atomic E-state index is -0.182. The van der Waals surface area contributed by atoms with Crippen LogP contribution in [0.15, 0.2) is 54.7 Å². The van der Waals surface area contributed by atoms with Crippen molar-refractivity contribution < 1.29 is 9.59 Å². The number of carbonyl (C=O) groups excluding carboxylic acids is 2. The maximum absolute atomic E-state index is 12.3. The summed E-state index contributed by atoms with van der Waals surface area (Å²) in [4.78, 5) is 26.6. The lowest BCUT2D eigenvalue weighted by Gasteiger charge is -2.07. The minimum absolute atomic E-state index is 0.00373. The van der Waals surface area contributed by atoms with Gasteiger partial charge in [0, 0.05) is 22.8 Å². The number of hydrogen-bond acceptors (Lipinski definition) is 2. The van der Waals surface area contributed by atoms with E-state index in [1.54, 1.807) is 30.3 Å². The quantitative estimate of drug-likeness (QED) is 0.719. The van der Waals surface area contributed by atoms with Gasteiger partial charge in [-0.2, -0.15) is 0 Å². The number of hydrogen-bond donors (Lipinski definition) is 2. The van der Waals surface area contributed by atoms with Crippen LogP contribution in [0.3, 0.4) is 0 Å². The van der Waals surface area contributed by atoms with Crippen molar-refractivity contribution in [2.75, 3.05) is 5.32 Å². The van der Waals surface area contributed by atoms with E-state index in [4.69, 9.17) is 0 Å². The molecule has 2 aromatic carbocycles. The molecule has 0 bridgehead atoms. The Balaban J connectivity index is 1.86. The Labute approximate surface area is 121 Å². The van der Waals surface area contributed by atoms with E-state index in [2.05, 4.69) is 10.3 Å². The third-order valence-electron chi connectivity index (χ3n) is 3.38. The van der Waals surface area contributed by atoms with Crippen molar-refractivity contribution in [3.8, 4) is 0 Å². The van der Waals surface area contributed by atoms with Gasteiger partial charge in [-0.25, -0.2) is 0 Å². The van der Waals surface area contributed by atoms with Gasteiger partial charge < -0.3 is 10.3 Å². The molecule has 4 nitrogen and oxygen atoms in total. The summed E-state index contributed by atoms with van der Waals surface area (Å²) in [6.07, 6.45) is 1.81. The summed E-state index contributed by atoms with van der Waals surface area (Å²) >= 11 is 0. The van der Waals surface area contributed by atoms with Gasteiger partial charge in [0.25, 0.3) is 5.91 Å². The van der Waals surface area contributed by atoms with Crippen LogP contribution in [0.1, 0.15) is 27.6 Å². The lowest BCUT2D eigenvalue weighted by atomic mass is 10.1. The molecule has 0 aliphatic rings. The standard InChI is InChI=1S/C17H14N2O2/c1-11(20)12-5-7-14(8-6-12)19-17(21)15-4-2-3-13-9-10-18-16(13)15/h2-10,18H,1H3,(H,19,21). The molecule has 1 heterocycles. The molecular formula is C17H14N2O2. The van der Waals surface area contributed by atoms with Crippen molar-refractivity contribution >= 4 is 28.3 Å². The first-order chi connectivity index (χ1) is 10.1. The number of rotatable bonds is 3. The van der Waals surface area contributed by atoms with Crippen LogP contribution in [-0.4, -0.2) is 16.7 Å². The van der Waals surface area contributed by atoms with Gasteiger partial charge in [-0.05, 0) is 43.3 Å². The molecule has 21 heavy (non-hydrogen) atoms. The molecule has 0 saturated carbocycles. The molecule has 1 aromatic heterocycles. The van der Waals surface area contributed by atoms with Gasteiger partial charge in [0.15, 0.2) is 5.78 Å².